The van der Waals surface area contributed by atoms with Crippen LogP contribution in [0.3, 0.4) is 0 Å². The van der Waals surface area contributed by atoms with Gasteiger partial charge in [0.05, 0.1) is 18.8 Å². The predicted molar refractivity (Wildman–Crippen MR) is 80.1 cm³/mol. The summed E-state index contributed by atoms with van der Waals surface area (Å²) in [4.78, 5) is 11.8. The first kappa shape index (κ1) is 16.0. The van der Waals surface area contributed by atoms with Crippen molar-refractivity contribution in [1.29, 1.82) is 0 Å². The summed E-state index contributed by atoms with van der Waals surface area (Å²) in [7, 11) is 0. The Kier molecular flexibility index (Phi) is 3.86. The number of aliphatic hydroxyl groups is 2. The first-order valence-corrected chi connectivity index (χ1v) is 8.10. The van der Waals surface area contributed by atoms with Crippen molar-refractivity contribution in [2.24, 2.45) is 11.3 Å². The molecule has 0 spiro atoms. The van der Waals surface area contributed by atoms with Crippen LogP contribution in [-0.4, -0.2) is 46.7 Å². The van der Waals surface area contributed by atoms with Gasteiger partial charge in [-0.2, -0.15) is 0 Å². The van der Waals surface area contributed by atoms with E-state index in [1.807, 2.05) is 0 Å². The second-order valence-electron chi connectivity index (χ2n) is 7.96. The van der Waals surface area contributed by atoms with Gasteiger partial charge in [-0.3, -0.25) is 0 Å². The molecule has 5 heteroatoms. The van der Waals surface area contributed by atoms with Crippen LogP contribution in [0.25, 0.3) is 0 Å². The molecule has 2 N–H and O–H groups in total. The van der Waals surface area contributed by atoms with Gasteiger partial charge in [0.1, 0.15) is 11.7 Å². The number of carbonyl (C=O) groups is 1. The molecule has 4 aliphatic rings. The smallest absolute Gasteiger partial charge is 0.330 e. The molecule has 4 saturated carbocycles. The minimum atomic E-state index is -0.854. The number of rotatable bonds is 6. The summed E-state index contributed by atoms with van der Waals surface area (Å²) in [6.07, 6.45) is 5.87. The Hall–Kier alpha value is -0.910. The summed E-state index contributed by atoms with van der Waals surface area (Å²) >= 11 is 0. The van der Waals surface area contributed by atoms with Gasteiger partial charge in [-0.1, -0.05) is 13.5 Å². The van der Waals surface area contributed by atoms with E-state index < -0.39 is 11.7 Å². The summed E-state index contributed by atoms with van der Waals surface area (Å²) in [6, 6.07) is 0. The van der Waals surface area contributed by atoms with E-state index in [-0.39, 0.29) is 30.2 Å². The van der Waals surface area contributed by atoms with Crippen LogP contribution in [0.2, 0.25) is 0 Å². The molecular weight excluding hydrogens is 284 g/mol. The molecule has 5 unspecified atom stereocenters. The average molecular weight is 310 g/mol. The van der Waals surface area contributed by atoms with Crippen LogP contribution in [0.1, 0.15) is 45.4 Å². The highest BCUT2D eigenvalue weighted by Crippen LogP contribution is 2.65. The van der Waals surface area contributed by atoms with Crippen LogP contribution in [0.4, 0.5) is 0 Å². The van der Waals surface area contributed by atoms with Gasteiger partial charge in [0.2, 0.25) is 0 Å². The fraction of sp³-hybridized carbons (Fsp3) is 0.824. The Morgan fingerprint density at radius 3 is 2.64 bits per heavy atom. The largest absolute Gasteiger partial charge is 0.456 e. The number of carbonyl (C=O) groups excluding carboxylic acids is 1. The summed E-state index contributed by atoms with van der Waals surface area (Å²) in [6.45, 7) is 5.57. The summed E-state index contributed by atoms with van der Waals surface area (Å²) < 4.78 is 11.8. The SMILES string of the molecule is C=CC(=O)OC12CC3CC(C)(CC(OCC(O)CO)(C3)C1)C2. The summed E-state index contributed by atoms with van der Waals surface area (Å²) in [5.74, 6) is 0.126. The van der Waals surface area contributed by atoms with E-state index in [0.29, 0.717) is 12.3 Å². The Bertz CT molecular complexity index is 478. The lowest BCUT2D eigenvalue weighted by atomic mass is 9.46. The van der Waals surface area contributed by atoms with Gasteiger partial charge in [-0.15, -0.1) is 0 Å². The third-order valence-electron chi connectivity index (χ3n) is 5.52. The lowest BCUT2D eigenvalue weighted by Gasteiger charge is -2.64. The zero-order valence-corrected chi connectivity index (χ0v) is 13.2. The molecule has 22 heavy (non-hydrogen) atoms. The zero-order chi connectivity index (χ0) is 16.0. The van der Waals surface area contributed by atoms with Crippen LogP contribution in [-0.2, 0) is 14.3 Å². The molecule has 0 radical (unpaired) electrons. The Labute approximate surface area is 131 Å². The second-order valence-corrected chi connectivity index (χ2v) is 7.96. The van der Waals surface area contributed by atoms with Gasteiger partial charge < -0.3 is 19.7 Å². The molecule has 4 rings (SSSR count). The topological polar surface area (TPSA) is 76.0 Å². The third kappa shape index (κ3) is 2.82. The van der Waals surface area contributed by atoms with Gasteiger partial charge in [-0.25, -0.2) is 4.79 Å². The number of hydrogen-bond donors (Lipinski definition) is 2. The van der Waals surface area contributed by atoms with Crippen molar-refractivity contribution < 1.29 is 24.5 Å². The van der Waals surface area contributed by atoms with Gasteiger partial charge >= 0.3 is 5.97 Å². The molecule has 4 bridgehead atoms. The zero-order valence-electron chi connectivity index (χ0n) is 13.2. The molecule has 0 aliphatic heterocycles. The molecule has 0 aromatic rings. The minimum Gasteiger partial charge on any atom is -0.456 e. The number of aliphatic hydroxyl groups excluding tert-OH is 2. The van der Waals surface area contributed by atoms with Crippen molar-refractivity contribution in [3.63, 3.8) is 0 Å². The molecule has 4 aliphatic carbocycles. The van der Waals surface area contributed by atoms with Crippen molar-refractivity contribution in [2.75, 3.05) is 13.2 Å². The van der Waals surface area contributed by atoms with E-state index in [9.17, 15) is 9.90 Å². The van der Waals surface area contributed by atoms with Gasteiger partial charge in [0, 0.05) is 12.5 Å². The van der Waals surface area contributed by atoms with Crippen LogP contribution < -0.4 is 0 Å². The van der Waals surface area contributed by atoms with Crippen molar-refractivity contribution >= 4 is 5.97 Å². The highest BCUT2D eigenvalue weighted by atomic mass is 16.6. The average Bonchev–Trinajstić information content (AvgIpc) is 2.41. The second kappa shape index (κ2) is 5.32. The Balaban J connectivity index is 1.81. The summed E-state index contributed by atoms with van der Waals surface area (Å²) in [5.41, 5.74) is -0.680. The van der Waals surface area contributed by atoms with Crippen LogP contribution in [0.5, 0.6) is 0 Å². The van der Waals surface area contributed by atoms with Crippen molar-refractivity contribution in [1.82, 2.24) is 0 Å². The number of hydrogen-bond acceptors (Lipinski definition) is 5. The Morgan fingerprint density at radius 1 is 1.32 bits per heavy atom. The predicted octanol–water partition coefficient (Wildman–Crippen LogP) is 1.57. The first-order valence-electron chi connectivity index (χ1n) is 8.10. The molecule has 0 saturated heterocycles. The number of ether oxygens (including phenoxy) is 2. The third-order valence-corrected chi connectivity index (χ3v) is 5.52. The maximum absolute atomic E-state index is 11.8. The summed E-state index contributed by atoms with van der Waals surface area (Å²) in [5, 5.41) is 18.6. The molecule has 5 atom stereocenters. The van der Waals surface area contributed by atoms with E-state index in [0.717, 1.165) is 32.1 Å². The highest BCUT2D eigenvalue weighted by molar-refractivity contribution is 5.81. The first-order chi connectivity index (χ1) is 10.3. The van der Waals surface area contributed by atoms with Gasteiger partial charge in [0.15, 0.2) is 0 Å². The van der Waals surface area contributed by atoms with Crippen LogP contribution in [0, 0.1) is 11.3 Å². The van der Waals surface area contributed by atoms with E-state index in [1.54, 1.807) is 0 Å². The van der Waals surface area contributed by atoms with Crippen LogP contribution in [0.15, 0.2) is 12.7 Å². The van der Waals surface area contributed by atoms with Crippen molar-refractivity contribution in [2.45, 2.75) is 62.8 Å². The minimum absolute atomic E-state index is 0.116. The molecule has 4 fully saturated rings. The maximum atomic E-state index is 11.8. The lowest BCUT2D eigenvalue weighted by molar-refractivity contribution is -0.256. The van der Waals surface area contributed by atoms with Crippen molar-refractivity contribution in [3.8, 4) is 0 Å². The van der Waals surface area contributed by atoms with E-state index in [2.05, 4.69) is 13.5 Å². The Morgan fingerprint density at radius 2 is 2.00 bits per heavy atom. The molecular formula is C17H26O5. The van der Waals surface area contributed by atoms with Crippen molar-refractivity contribution in [3.05, 3.63) is 12.7 Å². The molecule has 0 aromatic heterocycles. The fourth-order valence-electron chi connectivity index (χ4n) is 5.58. The molecule has 124 valence electrons. The van der Waals surface area contributed by atoms with E-state index in [4.69, 9.17) is 14.6 Å². The molecule has 5 nitrogen and oxygen atoms in total. The molecule has 0 heterocycles. The van der Waals surface area contributed by atoms with Gasteiger partial charge in [-0.05, 0) is 43.4 Å². The highest BCUT2D eigenvalue weighted by Gasteiger charge is 2.64. The fourth-order valence-corrected chi connectivity index (χ4v) is 5.58. The maximum Gasteiger partial charge on any atom is 0.330 e. The molecule has 0 amide bonds. The van der Waals surface area contributed by atoms with Gasteiger partial charge in [0.25, 0.3) is 0 Å². The standard InChI is InChI=1S/C17H26O5/c1-3-14(20)22-17-6-12-4-15(2,10-17)9-16(5-12,11-17)21-8-13(19)7-18/h3,12-13,18-19H,1,4-11H2,2H3. The van der Waals surface area contributed by atoms with Crippen LogP contribution >= 0.6 is 0 Å². The normalized spacial score (nSPS) is 43.9. The van der Waals surface area contributed by atoms with E-state index >= 15 is 0 Å². The monoisotopic (exact) mass is 310 g/mol. The number of esters is 1. The van der Waals surface area contributed by atoms with E-state index in [1.165, 1.54) is 6.08 Å². The quantitative estimate of drug-likeness (QED) is 0.575. The molecule has 0 aromatic carbocycles. The lowest BCUT2D eigenvalue weighted by Crippen LogP contribution is -2.64.